The smallest absolute Gasteiger partial charge is 0.227 e. The van der Waals surface area contributed by atoms with Gasteiger partial charge >= 0.3 is 0 Å². The number of benzene rings is 1. The van der Waals surface area contributed by atoms with Crippen LogP contribution in [0.5, 0.6) is 0 Å². The minimum Gasteiger partial charge on any atom is -0.464 e. The van der Waals surface area contributed by atoms with E-state index in [0.717, 1.165) is 51.7 Å². The Morgan fingerprint density at radius 1 is 1.12 bits per heavy atom. The highest BCUT2D eigenvalue weighted by Crippen LogP contribution is 2.39. The van der Waals surface area contributed by atoms with Gasteiger partial charge in [-0.1, -0.05) is 11.8 Å². The first-order valence-electron chi connectivity index (χ1n) is 10.7. The molecule has 0 aliphatic heterocycles. The number of rotatable bonds is 7. The van der Waals surface area contributed by atoms with Crippen LogP contribution in [0.2, 0.25) is 0 Å². The van der Waals surface area contributed by atoms with E-state index >= 15 is 0 Å². The number of aromatic nitrogens is 5. The molecule has 3 N–H and O–H groups in total. The van der Waals surface area contributed by atoms with Crippen molar-refractivity contribution >= 4 is 39.7 Å². The van der Waals surface area contributed by atoms with Crippen LogP contribution in [0.1, 0.15) is 27.2 Å². The molecule has 0 saturated heterocycles. The third-order valence-corrected chi connectivity index (χ3v) is 6.21. The van der Waals surface area contributed by atoms with Crippen LogP contribution in [0.4, 0.5) is 5.82 Å². The first-order chi connectivity index (χ1) is 15.9. The summed E-state index contributed by atoms with van der Waals surface area (Å²) in [5.41, 5.74) is 9.15. The number of imidazole rings is 1. The van der Waals surface area contributed by atoms with Crippen LogP contribution in [0.25, 0.3) is 33.6 Å². The van der Waals surface area contributed by atoms with E-state index in [2.05, 4.69) is 45.6 Å². The molecule has 4 heterocycles. The molecule has 0 amide bonds. The fraction of sp³-hybridized carbons (Fsp3) is 0.304. The Kier molecular flexibility index (Phi) is 5.55. The molecule has 0 aliphatic carbocycles. The lowest BCUT2D eigenvalue weighted by Crippen LogP contribution is -2.36. The summed E-state index contributed by atoms with van der Waals surface area (Å²) in [6, 6.07) is 5.92. The van der Waals surface area contributed by atoms with Gasteiger partial charge in [0.25, 0.3) is 0 Å². The average molecular weight is 464 g/mol. The van der Waals surface area contributed by atoms with Crippen molar-refractivity contribution in [1.29, 1.82) is 0 Å². The highest BCUT2D eigenvalue weighted by Gasteiger charge is 2.20. The molecular formula is C23H25N7O2S. The van der Waals surface area contributed by atoms with Gasteiger partial charge in [0.15, 0.2) is 22.1 Å². The van der Waals surface area contributed by atoms with Crippen molar-refractivity contribution in [3.63, 3.8) is 0 Å². The van der Waals surface area contributed by atoms with E-state index in [0.29, 0.717) is 17.2 Å². The summed E-state index contributed by atoms with van der Waals surface area (Å²) in [4.78, 5) is 18.7. The number of nitrogens with zero attached hydrogens (tertiary/aromatic N) is 5. The van der Waals surface area contributed by atoms with Crippen LogP contribution < -0.4 is 11.1 Å². The van der Waals surface area contributed by atoms with Gasteiger partial charge in [-0.15, -0.1) is 0 Å². The van der Waals surface area contributed by atoms with Gasteiger partial charge in [0.2, 0.25) is 5.89 Å². The molecule has 1 aromatic carbocycles. The number of furan rings is 1. The molecule has 0 saturated carbocycles. The van der Waals surface area contributed by atoms with Gasteiger partial charge in [-0.2, -0.15) is 0 Å². The lowest BCUT2D eigenvalue weighted by molar-refractivity contribution is 0.412. The monoisotopic (exact) mass is 463 g/mol. The highest BCUT2D eigenvalue weighted by atomic mass is 32.2. The van der Waals surface area contributed by atoms with Crippen LogP contribution in [-0.4, -0.2) is 36.6 Å². The second-order valence-corrected chi connectivity index (χ2v) is 9.76. The standard InChI is InChI=1S/C23H25N7O2S/c1-23(2,3)28-6-4-8-30-20-18(19(24)26-13-27-20)29-22(30)33-17-12-16-14(5-9-31-16)11-15(17)21-25-7-10-32-21/h5,7,9-13,28H,4,6,8H2,1-3H3,(H2,24,26,27). The molecular weight excluding hydrogens is 438 g/mol. The van der Waals surface area contributed by atoms with Crippen molar-refractivity contribution in [2.24, 2.45) is 0 Å². The van der Waals surface area contributed by atoms with Gasteiger partial charge in [-0.05, 0) is 51.9 Å². The fourth-order valence-electron chi connectivity index (χ4n) is 3.61. The zero-order chi connectivity index (χ0) is 23.0. The molecule has 10 heteroatoms. The summed E-state index contributed by atoms with van der Waals surface area (Å²) >= 11 is 1.50. The molecule has 5 aromatic rings. The second-order valence-electron chi connectivity index (χ2n) is 8.75. The van der Waals surface area contributed by atoms with Crippen molar-refractivity contribution in [3.05, 3.63) is 43.2 Å². The summed E-state index contributed by atoms with van der Waals surface area (Å²) in [5.74, 6) is 0.903. The highest BCUT2D eigenvalue weighted by molar-refractivity contribution is 7.99. The van der Waals surface area contributed by atoms with Crippen LogP contribution >= 0.6 is 11.8 Å². The number of aryl methyl sites for hydroxylation is 1. The van der Waals surface area contributed by atoms with Crippen LogP contribution in [0, 0.1) is 0 Å². The maximum atomic E-state index is 6.12. The fourth-order valence-corrected chi connectivity index (χ4v) is 4.65. The largest absolute Gasteiger partial charge is 0.464 e. The molecule has 0 spiro atoms. The Labute approximate surface area is 194 Å². The third kappa shape index (κ3) is 4.44. The minimum atomic E-state index is 0.0601. The number of nitrogens with two attached hydrogens (primary N) is 1. The SMILES string of the molecule is CC(C)(C)NCCCn1c(Sc2cc3occc3cc2-c2ncco2)nc2c(N)ncnc21. The van der Waals surface area contributed by atoms with Crippen LogP contribution in [-0.2, 0) is 6.54 Å². The number of anilines is 1. The van der Waals surface area contributed by atoms with Gasteiger partial charge in [0, 0.05) is 22.4 Å². The van der Waals surface area contributed by atoms with E-state index in [1.54, 1.807) is 18.7 Å². The molecule has 0 radical (unpaired) electrons. The number of fused-ring (bicyclic) bond motifs is 2. The lowest BCUT2D eigenvalue weighted by Gasteiger charge is -2.20. The Bertz CT molecular complexity index is 1400. The van der Waals surface area contributed by atoms with Crippen molar-refractivity contribution in [3.8, 4) is 11.5 Å². The number of nitrogens with one attached hydrogen (secondary N) is 1. The molecule has 9 nitrogen and oxygen atoms in total. The van der Waals surface area contributed by atoms with Gasteiger partial charge in [0.05, 0.1) is 18.0 Å². The minimum absolute atomic E-state index is 0.0601. The van der Waals surface area contributed by atoms with Crippen molar-refractivity contribution < 1.29 is 8.83 Å². The second kappa shape index (κ2) is 8.53. The Balaban J connectivity index is 1.54. The lowest BCUT2D eigenvalue weighted by atomic mass is 10.1. The van der Waals surface area contributed by atoms with Crippen LogP contribution in [0.15, 0.2) is 62.1 Å². The van der Waals surface area contributed by atoms with Crippen molar-refractivity contribution in [2.45, 2.75) is 49.3 Å². The van der Waals surface area contributed by atoms with E-state index in [1.165, 1.54) is 18.1 Å². The molecule has 0 unspecified atom stereocenters. The van der Waals surface area contributed by atoms with Gasteiger partial charge in [-0.25, -0.2) is 19.9 Å². The van der Waals surface area contributed by atoms with E-state index < -0.39 is 0 Å². The number of hydrogen-bond donors (Lipinski definition) is 2. The predicted octanol–water partition coefficient (Wildman–Crippen LogP) is 4.74. The van der Waals surface area contributed by atoms with E-state index in [-0.39, 0.29) is 5.54 Å². The third-order valence-electron chi connectivity index (χ3n) is 5.16. The topological polar surface area (TPSA) is 121 Å². The summed E-state index contributed by atoms with van der Waals surface area (Å²) in [5, 5.41) is 5.27. The normalized spacial score (nSPS) is 12.2. The number of hydrogen-bond acceptors (Lipinski definition) is 9. The summed E-state index contributed by atoms with van der Waals surface area (Å²) in [6.45, 7) is 8.07. The molecule has 0 aliphatic rings. The zero-order valence-corrected chi connectivity index (χ0v) is 19.5. The van der Waals surface area contributed by atoms with E-state index in [4.69, 9.17) is 19.6 Å². The first-order valence-corrected chi connectivity index (χ1v) is 11.5. The van der Waals surface area contributed by atoms with Gasteiger partial charge < -0.3 is 24.5 Å². The zero-order valence-electron chi connectivity index (χ0n) is 18.7. The molecule has 5 rings (SSSR count). The summed E-state index contributed by atoms with van der Waals surface area (Å²) in [6.07, 6.45) is 7.26. The Hall–Kier alpha value is -3.37. The molecule has 4 aromatic heterocycles. The molecule has 0 fully saturated rings. The summed E-state index contributed by atoms with van der Waals surface area (Å²) < 4.78 is 13.3. The van der Waals surface area contributed by atoms with Crippen molar-refractivity contribution in [1.82, 2.24) is 29.8 Å². The quantitative estimate of drug-likeness (QED) is 0.330. The molecule has 0 bridgehead atoms. The number of nitrogen functional groups attached to an aromatic ring is 1. The van der Waals surface area contributed by atoms with Crippen LogP contribution in [0.3, 0.4) is 0 Å². The molecule has 170 valence electrons. The van der Waals surface area contributed by atoms with Gasteiger partial charge in [-0.3, -0.25) is 0 Å². The molecule has 0 atom stereocenters. The van der Waals surface area contributed by atoms with Gasteiger partial charge in [0.1, 0.15) is 18.2 Å². The molecule has 33 heavy (non-hydrogen) atoms. The predicted molar refractivity (Wildman–Crippen MR) is 128 cm³/mol. The van der Waals surface area contributed by atoms with E-state index in [1.807, 2.05) is 18.2 Å². The maximum absolute atomic E-state index is 6.12. The first kappa shape index (κ1) is 21.5. The van der Waals surface area contributed by atoms with Crippen molar-refractivity contribution in [2.75, 3.05) is 12.3 Å². The summed E-state index contributed by atoms with van der Waals surface area (Å²) in [7, 11) is 0. The maximum Gasteiger partial charge on any atom is 0.227 e. The average Bonchev–Trinajstić information content (AvgIpc) is 3.51. The Morgan fingerprint density at radius 3 is 2.79 bits per heavy atom. The number of oxazole rings is 1. The Morgan fingerprint density at radius 2 is 2.00 bits per heavy atom. The van der Waals surface area contributed by atoms with E-state index in [9.17, 15) is 0 Å².